The molecule has 2 nitrogen and oxygen atoms in total. The molecule has 0 bridgehead atoms. The average Bonchev–Trinajstić information content (AvgIpc) is 2.43. The molecule has 0 spiro atoms. The van der Waals surface area contributed by atoms with Crippen LogP contribution in [0.3, 0.4) is 0 Å². The predicted octanol–water partition coefficient (Wildman–Crippen LogP) is 4.83. The van der Waals surface area contributed by atoms with Crippen molar-refractivity contribution in [3.63, 3.8) is 0 Å². The van der Waals surface area contributed by atoms with Crippen molar-refractivity contribution in [2.24, 2.45) is 4.99 Å². The van der Waals surface area contributed by atoms with Crippen molar-refractivity contribution in [1.29, 1.82) is 0 Å². The quantitative estimate of drug-likeness (QED) is 0.386. The van der Waals surface area contributed by atoms with Crippen LogP contribution in [0.1, 0.15) is 61.4 Å². The van der Waals surface area contributed by atoms with Crippen molar-refractivity contribution < 1.29 is 4.79 Å². The molecule has 1 rings (SSSR count). The molecule has 0 aromatic heterocycles. The molecule has 0 aliphatic rings. The highest BCUT2D eigenvalue weighted by atomic mass is 32.1. The van der Waals surface area contributed by atoms with Crippen LogP contribution < -0.4 is 0 Å². The largest absolute Gasteiger partial charge is 0.285 e. The Morgan fingerprint density at radius 1 is 1.11 bits per heavy atom. The second-order valence-corrected chi connectivity index (χ2v) is 4.91. The summed E-state index contributed by atoms with van der Waals surface area (Å²) in [6, 6.07) is 7.62. The molecule has 0 radical (unpaired) electrons. The van der Waals surface area contributed by atoms with E-state index < -0.39 is 0 Å². The van der Waals surface area contributed by atoms with E-state index in [1.54, 1.807) is 0 Å². The van der Waals surface area contributed by atoms with Crippen LogP contribution in [-0.4, -0.2) is 11.1 Å². The number of unbranched alkanes of at least 4 members (excludes halogenated alkanes) is 5. The number of benzene rings is 1. The van der Waals surface area contributed by atoms with Crippen LogP contribution in [0.2, 0.25) is 0 Å². The maximum Gasteiger partial charge on any atom is 0.285 e. The fraction of sp³-hybridized carbons (Fsp3) is 0.500. The molecule has 0 heterocycles. The molecule has 0 unspecified atom stereocenters. The second kappa shape index (κ2) is 9.60. The summed E-state index contributed by atoms with van der Waals surface area (Å²) in [5.74, 6) is -0.318. The first kappa shape index (κ1) is 15.7. The molecule has 0 saturated heterocycles. The Labute approximate surface area is 120 Å². The lowest BCUT2D eigenvalue weighted by Gasteiger charge is -2.02. The van der Waals surface area contributed by atoms with E-state index in [-0.39, 0.29) is 5.91 Å². The molecule has 3 heteroatoms. The number of isothiocyanates is 1. The zero-order valence-corrected chi connectivity index (χ0v) is 12.3. The maximum atomic E-state index is 11.4. The summed E-state index contributed by atoms with van der Waals surface area (Å²) in [4.78, 5) is 14.9. The molecule has 1 aromatic rings. The smallest absolute Gasteiger partial charge is 0.266 e. The van der Waals surface area contributed by atoms with Crippen molar-refractivity contribution in [2.75, 3.05) is 0 Å². The average molecular weight is 275 g/mol. The minimum Gasteiger partial charge on any atom is -0.266 e. The van der Waals surface area contributed by atoms with E-state index in [1.807, 2.05) is 24.3 Å². The number of aliphatic imine (C=N–C) groups is 1. The van der Waals surface area contributed by atoms with Crippen LogP contribution in [0, 0.1) is 0 Å². The third-order valence-corrected chi connectivity index (χ3v) is 3.26. The van der Waals surface area contributed by atoms with Gasteiger partial charge in [-0.15, -0.1) is 0 Å². The van der Waals surface area contributed by atoms with Gasteiger partial charge >= 0.3 is 0 Å². The molecular formula is C16H21NOS. The van der Waals surface area contributed by atoms with Gasteiger partial charge in [-0.3, -0.25) is 4.79 Å². The van der Waals surface area contributed by atoms with Crippen LogP contribution in [0.5, 0.6) is 0 Å². The van der Waals surface area contributed by atoms with E-state index in [0.29, 0.717) is 5.56 Å². The minimum atomic E-state index is -0.318. The number of amides is 1. The third kappa shape index (κ3) is 6.42. The summed E-state index contributed by atoms with van der Waals surface area (Å²) in [6.07, 6.45) is 8.90. The van der Waals surface area contributed by atoms with Gasteiger partial charge in [0.05, 0.1) is 5.16 Å². The fourth-order valence-corrected chi connectivity index (χ4v) is 2.11. The number of carbonyl (C=O) groups is 1. The highest BCUT2D eigenvalue weighted by Gasteiger charge is 2.02. The topological polar surface area (TPSA) is 29.4 Å². The Balaban J connectivity index is 2.32. The molecule has 0 aliphatic carbocycles. The Hall–Kier alpha value is -1.31. The summed E-state index contributed by atoms with van der Waals surface area (Å²) in [7, 11) is 0. The van der Waals surface area contributed by atoms with Crippen molar-refractivity contribution in [3.8, 4) is 0 Å². The molecule has 0 atom stereocenters. The number of hydrogen-bond acceptors (Lipinski definition) is 2. The number of nitrogens with zero attached hydrogens (tertiary/aromatic N) is 1. The maximum absolute atomic E-state index is 11.4. The zero-order chi connectivity index (χ0) is 13.9. The molecule has 102 valence electrons. The van der Waals surface area contributed by atoms with Gasteiger partial charge in [-0.05, 0) is 42.8 Å². The normalized spacial score (nSPS) is 9.95. The Morgan fingerprint density at radius 2 is 1.74 bits per heavy atom. The van der Waals surface area contributed by atoms with Crippen molar-refractivity contribution in [3.05, 3.63) is 35.4 Å². The Bertz CT molecular complexity index is 433. The number of rotatable bonds is 8. The van der Waals surface area contributed by atoms with Gasteiger partial charge in [0.15, 0.2) is 0 Å². The van der Waals surface area contributed by atoms with Gasteiger partial charge < -0.3 is 0 Å². The number of hydrogen-bond donors (Lipinski definition) is 0. The van der Waals surface area contributed by atoms with Crippen molar-refractivity contribution in [2.45, 2.75) is 51.9 Å². The molecule has 0 fully saturated rings. The van der Waals surface area contributed by atoms with Crippen LogP contribution >= 0.6 is 12.2 Å². The Morgan fingerprint density at radius 3 is 2.37 bits per heavy atom. The SMILES string of the molecule is CCCCCCCCc1ccc(C(=O)N=C=S)cc1. The van der Waals surface area contributed by atoms with Gasteiger partial charge in [0.2, 0.25) is 0 Å². The van der Waals surface area contributed by atoms with Crippen LogP contribution in [-0.2, 0) is 6.42 Å². The number of aryl methyl sites for hydroxylation is 1. The lowest BCUT2D eigenvalue weighted by atomic mass is 10.0. The summed E-state index contributed by atoms with van der Waals surface area (Å²) < 4.78 is 0. The Kier molecular flexibility index (Phi) is 7.95. The monoisotopic (exact) mass is 275 g/mol. The van der Waals surface area contributed by atoms with Crippen molar-refractivity contribution in [1.82, 2.24) is 0 Å². The second-order valence-electron chi connectivity index (χ2n) is 4.72. The van der Waals surface area contributed by atoms with E-state index in [1.165, 1.54) is 44.1 Å². The van der Waals surface area contributed by atoms with Gasteiger partial charge in [0.1, 0.15) is 0 Å². The first-order valence-electron chi connectivity index (χ1n) is 6.99. The van der Waals surface area contributed by atoms with E-state index in [9.17, 15) is 4.79 Å². The van der Waals surface area contributed by atoms with Crippen LogP contribution in [0.25, 0.3) is 0 Å². The first-order chi connectivity index (χ1) is 9.27. The van der Waals surface area contributed by atoms with E-state index in [0.717, 1.165) is 6.42 Å². The molecule has 0 saturated carbocycles. The van der Waals surface area contributed by atoms with Crippen molar-refractivity contribution >= 4 is 23.3 Å². The number of thiocarbonyl (C=S) groups is 1. The van der Waals surface area contributed by atoms with Gasteiger partial charge in [0.25, 0.3) is 5.91 Å². The van der Waals surface area contributed by atoms with E-state index in [2.05, 4.69) is 29.3 Å². The van der Waals surface area contributed by atoms with Gasteiger partial charge in [-0.2, -0.15) is 4.99 Å². The lowest BCUT2D eigenvalue weighted by Crippen LogP contribution is -1.94. The summed E-state index contributed by atoms with van der Waals surface area (Å²) in [5.41, 5.74) is 1.85. The minimum absolute atomic E-state index is 0.318. The summed E-state index contributed by atoms with van der Waals surface area (Å²) >= 11 is 4.42. The highest BCUT2D eigenvalue weighted by molar-refractivity contribution is 7.78. The third-order valence-electron chi connectivity index (χ3n) is 3.17. The zero-order valence-electron chi connectivity index (χ0n) is 11.5. The predicted molar refractivity (Wildman–Crippen MR) is 82.9 cm³/mol. The molecule has 0 N–H and O–H groups in total. The first-order valence-corrected chi connectivity index (χ1v) is 7.40. The van der Waals surface area contributed by atoms with E-state index >= 15 is 0 Å². The molecule has 1 amide bonds. The number of carbonyl (C=O) groups excluding carboxylic acids is 1. The lowest BCUT2D eigenvalue weighted by molar-refractivity contribution is 0.100. The van der Waals surface area contributed by atoms with Crippen LogP contribution in [0.4, 0.5) is 0 Å². The highest BCUT2D eigenvalue weighted by Crippen LogP contribution is 2.11. The van der Waals surface area contributed by atoms with Gasteiger partial charge in [-0.25, -0.2) is 0 Å². The van der Waals surface area contributed by atoms with Gasteiger partial charge in [0, 0.05) is 5.56 Å². The van der Waals surface area contributed by atoms with E-state index in [4.69, 9.17) is 0 Å². The van der Waals surface area contributed by atoms with Crippen LogP contribution in [0.15, 0.2) is 29.3 Å². The fourth-order valence-electron chi connectivity index (χ4n) is 2.03. The standard InChI is InChI=1S/C16H21NOS/c1-2-3-4-5-6-7-8-14-9-11-15(12-10-14)16(18)17-13-19/h9-12H,2-8H2,1H3. The summed E-state index contributed by atoms with van der Waals surface area (Å²) in [6.45, 7) is 2.23. The summed E-state index contributed by atoms with van der Waals surface area (Å²) in [5, 5.41) is 2.10. The van der Waals surface area contributed by atoms with Gasteiger partial charge in [-0.1, -0.05) is 51.2 Å². The molecule has 1 aromatic carbocycles. The molecule has 0 aliphatic heterocycles. The molecular weight excluding hydrogens is 254 g/mol. The molecule has 19 heavy (non-hydrogen) atoms.